The molecule has 1 unspecified atom stereocenters. The van der Waals surface area contributed by atoms with Crippen molar-refractivity contribution in [2.24, 2.45) is 0 Å². The van der Waals surface area contributed by atoms with E-state index in [9.17, 15) is 9.59 Å². The van der Waals surface area contributed by atoms with Crippen LogP contribution in [-0.4, -0.2) is 55.4 Å². The molecule has 0 fully saturated rings. The number of nitrogens with zero attached hydrogens (tertiary/aromatic N) is 1. The Morgan fingerprint density at radius 1 is 0.763 bits per heavy atom. The molecule has 0 bridgehead atoms. The smallest absolute Gasteiger partial charge is 0.238 e. The lowest BCUT2D eigenvalue weighted by molar-refractivity contribution is -0.919. The van der Waals surface area contributed by atoms with Crippen molar-refractivity contribution < 1.29 is 14.1 Å². The second-order valence-electron chi connectivity index (χ2n) is 11.1. The van der Waals surface area contributed by atoms with Crippen molar-refractivity contribution in [2.45, 2.75) is 86.5 Å². The van der Waals surface area contributed by atoms with Crippen LogP contribution in [0.25, 0.3) is 0 Å². The fourth-order valence-corrected chi connectivity index (χ4v) is 5.39. The van der Waals surface area contributed by atoms with Gasteiger partial charge in [0.25, 0.3) is 0 Å². The molecule has 0 saturated carbocycles. The van der Waals surface area contributed by atoms with Crippen LogP contribution in [0.2, 0.25) is 0 Å². The molecule has 0 heterocycles. The predicted octanol–water partition coefficient (Wildman–Crippen LogP) is 6.46. The lowest BCUT2D eigenvalue weighted by Gasteiger charge is -2.37. The second kappa shape index (κ2) is 16.5. The monoisotopic (exact) mass is 522 g/mol. The van der Waals surface area contributed by atoms with Crippen LogP contribution in [0.4, 0.5) is 5.69 Å². The van der Waals surface area contributed by atoms with Gasteiger partial charge in [-0.15, -0.1) is 0 Å². The Morgan fingerprint density at radius 2 is 1.34 bits per heavy atom. The van der Waals surface area contributed by atoms with E-state index in [0.29, 0.717) is 25.3 Å². The van der Waals surface area contributed by atoms with Crippen molar-refractivity contribution in [3.05, 3.63) is 64.2 Å². The van der Waals surface area contributed by atoms with E-state index in [2.05, 4.69) is 56.5 Å². The van der Waals surface area contributed by atoms with Gasteiger partial charge in [-0.25, -0.2) is 0 Å². The van der Waals surface area contributed by atoms with Gasteiger partial charge < -0.3 is 15.1 Å². The molecule has 210 valence electrons. The Balaban J connectivity index is 1.74. The van der Waals surface area contributed by atoms with E-state index in [4.69, 9.17) is 0 Å². The SMILES string of the molecule is CCCC[N+](CC)(CCCCCCNCC(=O)Nc1c(C)cccc1C)CC(=O)Cc1c(C)cccc1C. The van der Waals surface area contributed by atoms with Gasteiger partial charge in [0, 0.05) is 12.1 Å². The summed E-state index contributed by atoms with van der Waals surface area (Å²) < 4.78 is 0.911. The molecule has 0 aliphatic heterocycles. The van der Waals surface area contributed by atoms with Crippen LogP contribution in [0.1, 0.15) is 80.2 Å². The molecular weight excluding hydrogens is 470 g/mol. The van der Waals surface area contributed by atoms with Gasteiger partial charge in [0.05, 0.1) is 26.2 Å². The number of likely N-dealkylation sites (N-methyl/N-ethyl adjacent to an activating group) is 1. The van der Waals surface area contributed by atoms with Crippen molar-refractivity contribution in [3.63, 3.8) is 0 Å². The van der Waals surface area contributed by atoms with Gasteiger partial charge in [-0.1, -0.05) is 56.2 Å². The quantitative estimate of drug-likeness (QED) is 0.175. The van der Waals surface area contributed by atoms with Crippen LogP contribution in [0.3, 0.4) is 0 Å². The molecule has 2 rings (SSSR count). The van der Waals surface area contributed by atoms with Gasteiger partial charge in [-0.3, -0.25) is 9.59 Å². The molecule has 5 heteroatoms. The van der Waals surface area contributed by atoms with E-state index in [1.165, 1.54) is 23.1 Å². The molecule has 1 amide bonds. The van der Waals surface area contributed by atoms with Crippen molar-refractivity contribution in [1.82, 2.24) is 5.32 Å². The van der Waals surface area contributed by atoms with Crippen LogP contribution in [0.15, 0.2) is 36.4 Å². The van der Waals surface area contributed by atoms with Crippen LogP contribution in [0.5, 0.6) is 0 Å². The molecule has 0 aliphatic rings. The highest BCUT2D eigenvalue weighted by atomic mass is 16.2. The summed E-state index contributed by atoms with van der Waals surface area (Å²) in [6, 6.07) is 12.3. The average molecular weight is 523 g/mol. The maximum absolute atomic E-state index is 13.2. The van der Waals surface area contributed by atoms with Gasteiger partial charge >= 0.3 is 0 Å². The summed E-state index contributed by atoms with van der Waals surface area (Å²) in [6.45, 7) is 17.7. The van der Waals surface area contributed by atoms with E-state index in [0.717, 1.165) is 79.6 Å². The van der Waals surface area contributed by atoms with Crippen molar-refractivity contribution in [3.8, 4) is 0 Å². The number of Topliss-reactive ketones (excluding diaryl/α,β-unsaturated/α-hetero) is 1. The first-order valence-corrected chi connectivity index (χ1v) is 14.7. The van der Waals surface area contributed by atoms with Crippen molar-refractivity contribution in [2.75, 3.05) is 44.6 Å². The Labute approximate surface area is 232 Å². The highest BCUT2D eigenvalue weighted by molar-refractivity contribution is 5.93. The molecule has 0 aromatic heterocycles. The number of hydrogen-bond acceptors (Lipinski definition) is 3. The summed E-state index contributed by atoms with van der Waals surface area (Å²) in [7, 11) is 0. The minimum Gasteiger partial charge on any atom is -0.324 e. The number of para-hydroxylation sites is 1. The fraction of sp³-hybridized carbons (Fsp3) is 0.576. The van der Waals surface area contributed by atoms with Gasteiger partial charge in [0.2, 0.25) is 5.91 Å². The normalized spacial score (nSPS) is 12.8. The number of quaternary nitrogens is 1. The molecule has 2 N–H and O–H groups in total. The highest BCUT2D eigenvalue weighted by Gasteiger charge is 2.28. The third-order valence-corrected chi connectivity index (χ3v) is 7.95. The summed E-state index contributed by atoms with van der Waals surface area (Å²) in [5, 5.41) is 6.32. The number of nitrogens with one attached hydrogen (secondary N) is 2. The molecule has 5 nitrogen and oxygen atoms in total. The molecular formula is C33H52N3O2+. The van der Waals surface area contributed by atoms with Crippen LogP contribution >= 0.6 is 0 Å². The summed E-state index contributed by atoms with van der Waals surface area (Å²) in [5.41, 5.74) is 6.75. The van der Waals surface area contributed by atoms with Gasteiger partial charge in [-0.05, 0) is 94.7 Å². The third-order valence-electron chi connectivity index (χ3n) is 7.95. The summed E-state index contributed by atoms with van der Waals surface area (Å²) >= 11 is 0. The first-order valence-electron chi connectivity index (χ1n) is 14.7. The van der Waals surface area contributed by atoms with Crippen LogP contribution in [0, 0.1) is 27.7 Å². The van der Waals surface area contributed by atoms with E-state index in [-0.39, 0.29) is 5.91 Å². The maximum Gasteiger partial charge on any atom is 0.238 e. The van der Waals surface area contributed by atoms with Gasteiger partial charge in [0.1, 0.15) is 6.54 Å². The first-order chi connectivity index (χ1) is 18.2. The molecule has 1 atom stereocenters. The number of unbranched alkanes of at least 4 members (excludes halogenated alkanes) is 4. The maximum atomic E-state index is 13.2. The van der Waals surface area contributed by atoms with E-state index in [1.54, 1.807) is 0 Å². The first kappa shape index (κ1) is 31.7. The second-order valence-corrected chi connectivity index (χ2v) is 11.1. The standard InChI is InChI=1S/C33H51N3O2/c1-7-9-21-36(8-2,25-30(37)23-31-26(3)16-14-17-27(31)4)22-13-11-10-12-20-34-24-32(38)35-33-28(5)18-15-19-29(33)6/h14-19,34H,7-13,20-25H2,1-6H3/p+1. The van der Waals surface area contributed by atoms with Crippen molar-refractivity contribution >= 4 is 17.4 Å². The minimum atomic E-state index is 0.00825. The third kappa shape index (κ3) is 10.3. The lowest BCUT2D eigenvalue weighted by atomic mass is 9.97. The number of rotatable bonds is 18. The zero-order valence-corrected chi connectivity index (χ0v) is 24.9. The summed E-state index contributed by atoms with van der Waals surface area (Å²) in [5.74, 6) is 0.373. The Bertz CT molecular complexity index is 992. The number of anilines is 1. The predicted molar refractivity (Wildman–Crippen MR) is 161 cm³/mol. The number of hydrogen-bond donors (Lipinski definition) is 2. The molecule has 0 aliphatic carbocycles. The van der Waals surface area contributed by atoms with Crippen LogP contribution in [-0.2, 0) is 16.0 Å². The van der Waals surface area contributed by atoms with Crippen LogP contribution < -0.4 is 10.6 Å². The number of carbonyl (C=O) groups is 2. The largest absolute Gasteiger partial charge is 0.324 e. The Hall–Kier alpha value is -2.50. The van der Waals surface area contributed by atoms with Gasteiger partial charge in [0.15, 0.2) is 5.78 Å². The highest BCUT2D eigenvalue weighted by Crippen LogP contribution is 2.20. The molecule has 2 aromatic carbocycles. The topological polar surface area (TPSA) is 58.2 Å². The average Bonchev–Trinajstić information content (AvgIpc) is 2.88. The van der Waals surface area contributed by atoms with E-state index in [1.807, 2.05) is 32.0 Å². The number of amides is 1. The Morgan fingerprint density at radius 3 is 1.95 bits per heavy atom. The van der Waals surface area contributed by atoms with Gasteiger partial charge in [-0.2, -0.15) is 0 Å². The molecule has 0 spiro atoms. The molecule has 0 saturated heterocycles. The fourth-order valence-electron chi connectivity index (χ4n) is 5.39. The molecule has 2 aromatic rings. The summed E-state index contributed by atoms with van der Waals surface area (Å²) in [6.07, 6.45) is 7.37. The van der Waals surface area contributed by atoms with Crippen molar-refractivity contribution in [1.29, 1.82) is 0 Å². The number of aryl methyl sites for hydroxylation is 4. The number of ketones is 1. The van der Waals surface area contributed by atoms with E-state index >= 15 is 0 Å². The number of benzene rings is 2. The minimum absolute atomic E-state index is 0.00825. The number of carbonyl (C=O) groups excluding carboxylic acids is 2. The molecule has 38 heavy (non-hydrogen) atoms. The lowest BCUT2D eigenvalue weighted by Crippen LogP contribution is -2.52. The zero-order valence-electron chi connectivity index (χ0n) is 24.9. The zero-order chi connectivity index (χ0) is 28.0. The summed E-state index contributed by atoms with van der Waals surface area (Å²) in [4.78, 5) is 25.5. The van der Waals surface area contributed by atoms with E-state index < -0.39 is 0 Å². The Kier molecular flexibility index (Phi) is 13.7. The molecule has 0 radical (unpaired) electrons.